The summed E-state index contributed by atoms with van der Waals surface area (Å²) in [7, 11) is 0. The van der Waals surface area contributed by atoms with E-state index in [9.17, 15) is 24.6 Å². The van der Waals surface area contributed by atoms with Crippen molar-refractivity contribution in [1.29, 1.82) is 0 Å². The summed E-state index contributed by atoms with van der Waals surface area (Å²) in [5.74, 6) is -0.743. The molecule has 2 amide bonds. The molecule has 10 nitrogen and oxygen atoms in total. The first-order valence-electron chi connectivity index (χ1n) is 15.3. The molecule has 1 fully saturated rings. The van der Waals surface area contributed by atoms with Crippen LogP contribution in [-0.4, -0.2) is 39.9 Å². The Bertz CT molecular complexity index is 1660. The fraction of sp³-hybridized carbons (Fsp3) is 0.250. The number of carbonyl (C=O) groups excluding carboxylic acids is 2. The van der Waals surface area contributed by atoms with Gasteiger partial charge in [0.05, 0.1) is 35.8 Å². The van der Waals surface area contributed by atoms with Crippen LogP contribution in [0.25, 0.3) is 0 Å². The maximum absolute atomic E-state index is 12.6. The molecule has 4 aromatic carbocycles. The zero-order chi connectivity index (χ0) is 33.2. The standard InChI is InChI=1S/C36H37N3O7S/c37-30-4-1-2-5-31(30)39-34(42)7-3-6-33(41)38-27-16-12-26(13-17-27)36-45-28(22-47-29-18-14-25(15-19-29)35(43)44)20-32(46-36)24-10-8-23(21-40)9-11-24/h1-2,4-5,8-19,28,32,36,40H,3,6-7,20-22,37H2,(H,38,41)(H,39,42)(H,43,44). The van der Waals surface area contributed by atoms with Gasteiger partial charge in [0.15, 0.2) is 6.29 Å². The van der Waals surface area contributed by atoms with Crippen LogP contribution in [0.4, 0.5) is 17.1 Å². The van der Waals surface area contributed by atoms with Crippen LogP contribution in [-0.2, 0) is 25.7 Å². The molecule has 6 N–H and O–H groups in total. The zero-order valence-electron chi connectivity index (χ0n) is 25.6. The second-order valence-electron chi connectivity index (χ2n) is 11.1. The molecule has 0 radical (unpaired) electrons. The Morgan fingerprint density at radius 3 is 2.13 bits per heavy atom. The van der Waals surface area contributed by atoms with E-state index >= 15 is 0 Å². The van der Waals surface area contributed by atoms with Crippen LogP contribution in [0.3, 0.4) is 0 Å². The zero-order valence-corrected chi connectivity index (χ0v) is 26.5. The molecular weight excluding hydrogens is 618 g/mol. The number of benzene rings is 4. The number of anilines is 3. The molecule has 1 aliphatic heterocycles. The molecule has 244 valence electrons. The van der Waals surface area contributed by atoms with Gasteiger partial charge in [-0.1, -0.05) is 48.5 Å². The number of aliphatic hydroxyl groups excluding tert-OH is 1. The van der Waals surface area contributed by atoms with E-state index in [1.807, 2.05) is 36.4 Å². The maximum Gasteiger partial charge on any atom is 0.335 e. The van der Waals surface area contributed by atoms with Gasteiger partial charge >= 0.3 is 5.97 Å². The number of thioether (sulfide) groups is 1. The minimum atomic E-state index is -0.965. The molecule has 0 saturated carbocycles. The monoisotopic (exact) mass is 655 g/mol. The Balaban J connectivity index is 1.17. The van der Waals surface area contributed by atoms with Crippen molar-refractivity contribution in [2.24, 2.45) is 0 Å². The summed E-state index contributed by atoms with van der Waals surface area (Å²) in [4.78, 5) is 37.0. The van der Waals surface area contributed by atoms with E-state index in [-0.39, 0.29) is 49.0 Å². The SMILES string of the molecule is Nc1ccccc1NC(=O)CCCC(=O)Nc1ccc(C2OC(CSc3ccc(C(=O)O)cc3)CC(c3ccc(CO)cc3)O2)cc1. The molecule has 1 saturated heterocycles. The number of ether oxygens (including phenoxy) is 2. The highest BCUT2D eigenvalue weighted by atomic mass is 32.2. The fourth-order valence-electron chi connectivity index (χ4n) is 5.09. The smallest absolute Gasteiger partial charge is 0.335 e. The third-order valence-corrected chi connectivity index (χ3v) is 8.81. The number of nitrogens with two attached hydrogens (primary N) is 1. The van der Waals surface area contributed by atoms with Gasteiger partial charge in [0.2, 0.25) is 11.8 Å². The molecule has 1 heterocycles. The molecule has 3 atom stereocenters. The van der Waals surface area contributed by atoms with Crippen molar-refractivity contribution in [2.45, 2.75) is 55.7 Å². The lowest BCUT2D eigenvalue weighted by atomic mass is 10.0. The van der Waals surface area contributed by atoms with Crippen LogP contribution in [0.1, 0.15) is 65.1 Å². The van der Waals surface area contributed by atoms with Crippen molar-refractivity contribution in [2.75, 3.05) is 22.1 Å². The van der Waals surface area contributed by atoms with Gasteiger partial charge in [-0.2, -0.15) is 0 Å². The van der Waals surface area contributed by atoms with E-state index in [1.165, 1.54) is 0 Å². The average Bonchev–Trinajstić information content (AvgIpc) is 3.09. The first-order chi connectivity index (χ1) is 22.8. The Morgan fingerprint density at radius 2 is 1.47 bits per heavy atom. The third-order valence-electron chi connectivity index (χ3n) is 7.66. The van der Waals surface area contributed by atoms with Gasteiger partial charge in [-0.3, -0.25) is 9.59 Å². The van der Waals surface area contributed by atoms with E-state index in [4.69, 9.17) is 15.2 Å². The quantitative estimate of drug-likeness (QED) is 0.0795. The highest BCUT2D eigenvalue weighted by Crippen LogP contribution is 2.39. The van der Waals surface area contributed by atoms with Crippen LogP contribution in [0.5, 0.6) is 0 Å². The molecule has 4 aromatic rings. The molecule has 11 heteroatoms. The number of para-hydroxylation sites is 2. The summed E-state index contributed by atoms with van der Waals surface area (Å²) in [5, 5.41) is 24.3. The molecule has 5 rings (SSSR count). The van der Waals surface area contributed by atoms with Crippen LogP contribution in [0.2, 0.25) is 0 Å². The lowest BCUT2D eigenvalue weighted by Gasteiger charge is -2.36. The number of aliphatic hydroxyl groups is 1. The maximum atomic E-state index is 12.6. The first-order valence-corrected chi connectivity index (χ1v) is 16.3. The average molecular weight is 656 g/mol. The van der Waals surface area contributed by atoms with Crippen LogP contribution in [0, 0.1) is 0 Å². The molecule has 0 spiro atoms. The number of aromatic carboxylic acids is 1. The molecule has 0 aliphatic carbocycles. The van der Waals surface area contributed by atoms with Crippen molar-refractivity contribution in [3.8, 4) is 0 Å². The predicted octanol–water partition coefficient (Wildman–Crippen LogP) is 6.54. The predicted molar refractivity (Wildman–Crippen MR) is 181 cm³/mol. The number of carboxylic acid groups (broad SMARTS) is 1. The van der Waals surface area contributed by atoms with E-state index < -0.39 is 12.3 Å². The van der Waals surface area contributed by atoms with E-state index in [0.717, 1.165) is 21.6 Å². The molecule has 1 aliphatic rings. The second-order valence-corrected chi connectivity index (χ2v) is 12.2. The number of carboxylic acids is 1. The van der Waals surface area contributed by atoms with E-state index in [2.05, 4.69) is 10.6 Å². The van der Waals surface area contributed by atoms with Crippen LogP contribution in [0.15, 0.2) is 102 Å². The molecule has 3 unspecified atom stereocenters. The Hall–Kier alpha value is -4.68. The number of hydrogen-bond acceptors (Lipinski definition) is 8. The first kappa shape index (κ1) is 33.7. The number of nitrogens with one attached hydrogen (secondary N) is 2. The summed E-state index contributed by atoms with van der Waals surface area (Å²) >= 11 is 1.58. The van der Waals surface area contributed by atoms with Gasteiger partial charge in [0.1, 0.15) is 0 Å². The highest BCUT2D eigenvalue weighted by molar-refractivity contribution is 7.99. The fourth-order valence-corrected chi connectivity index (χ4v) is 6.01. The number of amides is 2. The lowest BCUT2D eigenvalue weighted by Crippen LogP contribution is -2.31. The molecule has 47 heavy (non-hydrogen) atoms. The van der Waals surface area contributed by atoms with Crippen LogP contribution >= 0.6 is 11.8 Å². The third kappa shape index (κ3) is 9.66. The minimum absolute atomic E-state index is 0.0422. The van der Waals surface area contributed by atoms with Gasteiger partial charge < -0.3 is 36.1 Å². The summed E-state index contributed by atoms with van der Waals surface area (Å²) < 4.78 is 12.8. The number of rotatable bonds is 13. The summed E-state index contributed by atoms with van der Waals surface area (Å²) in [6.07, 6.45) is 0.285. The lowest BCUT2D eigenvalue weighted by molar-refractivity contribution is -0.245. The van der Waals surface area contributed by atoms with Gasteiger partial charge in [0, 0.05) is 41.2 Å². The summed E-state index contributed by atoms with van der Waals surface area (Å²) in [5.41, 5.74) is 10.3. The Labute approximate surface area is 277 Å². The van der Waals surface area contributed by atoms with Crippen molar-refractivity contribution < 1.29 is 34.1 Å². The Morgan fingerprint density at radius 1 is 0.809 bits per heavy atom. The van der Waals surface area contributed by atoms with E-state index in [1.54, 1.807) is 72.4 Å². The van der Waals surface area contributed by atoms with Gasteiger partial charge in [-0.25, -0.2) is 4.79 Å². The molecular formula is C36H37N3O7S. The van der Waals surface area contributed by atoms with Gasteiger partial charge in [-0.05, 0) is 66.1 Å². The second kappa shape index (κ2) is 16.2. The van der Waals surface area contributed by atoms with E-state index in [0.29, 0.717) is 35.7 Å². The van der Waals surface area contributed by atoms with Crippen molar-refractivity contribution in [1.82, 2.24) is 0 Å². The summed E-state index contributed by atoms with van der Waals surface area (Å²) in [6, 6.07) is 28.7. The van der Waals surface area contributed by atoms with Crippen molar-refractivity contribution in [3.63, 3.8) is 0 Å². The van der Waals surface area contributed by atoms with Gasteiger partial charge in [-0.15, -0.1) is 11.8 Å². The number of nitrogen functional groups attached to an aromatic ring is 1. The van der Waals surface area contributed by atoms with Gasteiger partial charge in [0.25, 0.3) is 0 Å². The molecule has 0 bridgehead atoms. The Kier molecular flexibility index (Phi) is 11.6. The largest absolute Gasteiger partial charge is 0.478 e. The number of carbonyl (C=O) groups is 3. The summed E-state index contributed by atoms with van der Waals surface area (Å²) in [6.45, 7) is -0.0422. The van der Waals surface area contributed by atoms with Crippen LogP contribution < -0.4 is 16.4 Å². The van der Waals surface area contributed by atoms with Crippen molar-refractivity contribution in [3.05, 3.63) is 119 Å². The number of hydrogen-bond donors (Lipinski definition) is 5. The minimum Gasteiger partial charge on any atom is -0.478 e. The normalized spacial score (nSPS) is 17.5. The van der Waals surface area contributed by atoms with Crippen molar-refractivity contribution >= 4 is 46.6 Å². The topological polar surface area (TPSA) is 160 Å². The highest BCUT2D eigenvalue weighted by Gasteiger charge is 2.32. The molecule has 0 aromatic heterocycles.